The van der Waals surface area contributed by atoms with Gasteiger partial charge in [0.25, 0.3) is 0 Å². The number of rotatable bonds is 8. The number of hydrogen-bond donors (Lipinski definition) is 2. The van der Waals surface area contributed by atoms with E-state index >= 15 is 0 Å². The standard InChI is InChI=1S/C13H20N2O4S/c1-4-19-11-7-5-6-10(12(11)15(17)18)14-8-13(2,16)9-20-3/h5-7,14,16H,4,8-9H2,1-3H3/t13-/m1/s1. The van der Waals surface area contributed by atoms with E-state index in [0.29, 0.717) is 18.0 Å². The third kappa shape index (κ3) is 4.57. The molecule has 1 rings (SSSR count). The van der Waals surface area contributed by atoms with Gasteiger partial charge in [0.1, 0.15) is 5.69 Å². The fraction of sp³-hybridized carbons (Fsp3) is 0.538. The van der Waals surface area contributed by atoms with E-state index < -0.39 is 10.5 Å². The molecule has 0 spiro atoms. The van der Waals surface area contributed by atoms with Gasteiger partial charge < -0.3 is 15.2 Å². The minimum Gasteiger partial charge on any atom is -0.487 e. The summed E-state index contributed by atoms with van der Waals surface area (Å²) in [5.74, 6) is 0.769. The third-order valence-electron chi connectivity index (χ3n) is 2.60. The van der Waals surface area contributed by atoms with Crippen LogP contribution in [0.4, 0.5) is 11.4 Å². The van der Waals surface area contributed by atoms with Crippen molar-refractivity contribution in [2.24, 2.45) is 0 Å². The molecule has 0 fully saturated rings. The van der Waals surface area contributed by atoms with Gasteiger partial charge in [0.15, 0.2) is 5.75 Å². The normalized spacial score (nSPS) is 13.6. The van der Waals surface area contributed by atoms with Gasteiger partial charge in [0.2, 0.25) is 0 Å². The number of ether oxygens (including phenoxy) is 1. The number of anilines is 1. The van der Waals surface area contributed by atoms with Crippen molar-refractivity contribution in [2.75, 3.05) is 30.5 Å². The number of nitro benzene ring substituents is 1. The highest BCUT2D eigenvalue weighted by Crippen LogP contribution is 2.35. The first-order chi connectivity index (χ1) is 9.41. The minimum absolute atomic E-state index is 0.102. The maximum atomic E-state index is 11.2. The van der Waals surface area contributed by atoms with Crippen molar-refractivity contribution in [3.05, 3.63) is 28.3 Å². The first-order valence-corrected chi connectivity index (χ1v) is 7.66. The van der Waals surface area contributed by atoms with Crippen LogP contribution in [0.1, 0.15) is 13.8 Å². The van der Waals surface area contributed by atoms with Crippen molar-refractivity contribution in [2.45, 2.75) is 19.4 Å². The Morgan fingerprint density at radius 3 is 2.80 bits per heavy atom. The van der Waals surface area contributed by atoms with Crippen LogP contribution in [0.3, 0.4) is 0 Å². The van der Waals surface area contributed by atoms with Gasteiger partial charge in [-0.05, 0) is 32.2 Å². The first-order valence-electron chi connectivity index (χ1n) is 6.26. The summed E-state index contributed by atoms with van der Waals surface area (Å²) < 4.78 is 5.27. The second kappa shape index (κ2) is 7.35. The summed E-state index contributed by atoms with van der Waals surface area (Å²) in [7, 11) is 0. The molecule has 2 N–H and O–H groups in total. The quantitative estimate of drug-likeness (QED) is 0.567. The summed E-state index contributed by atoms with van der Waals surface area (Å²) in [4.78, 5) is 10.7. The van der Waals surface area contributed by atoms with Crippen molar-refractivity contribution < 1.29 is 14.8 Å². The van der Waals surface area contributed by atoms with Crippen molar-refractivity contribution in [3.8, 4) is 5.75 Å². The van der Waals surface area contributed by atoms with E-state index in [1.165, 1.54) is 11.8 Å². The Bertz CT molecular complexity index is 466. The Morgan fingerprint density at radius 2 is 2.25 bits per heavy atom. The molecule has 0 saturated carbocycles. The van der Waals surface area contributed by atoms with Crippen molar-refractivity contribution >= 4 is 23.1 Å². The number of nitrogens with one attached hydrogen (secondary N) is 1. The molecule has 0 aromatic heterocycles. The van der Waals surface area contributed by atoms with Gasteiger partial charge >= 0.3 is 5.69 Å². The van der Waals surface area contributed by atoms with Crippen LogP contribution >= 0.6 is 11.8 Å². The van der Waals surface area contributed by atoms with Crippen LogP contribution in [0.25, 0.3) is 0 Å². The molecule has 0 bridgehead atoms. The monoisotopic (exact) mass is 300 g/mol. The highest BCUT2D eigenvalue weighted by molar-refractivity contribution is 7.98. The van der Waals surface area contributed by atoms with Crippen LogP contribution in [-0.2, 0) is 0 Å². The molecular weight excluding hydrogens is 280 g/mol. The molecule has 0 radical (unpaired) electrons. The van der Waals surface area contributed by atoms with E-state index in [1.807, 2.05) is 6.26 Å². The lowest BCUT2D eigenvalue weighted by atomic mass is 10.1. The van der Waals surface area contributed by atoms with Gasteiger partial charge in [-0.2, -0.15) is 11.8 Å². The van der Waals surface area contributed by atoms with Crippen molar-refractivity contribution in [3.63, 3.8) is 0 Å². The number of nitro groups is 1. The smallest absolute Gasteiger partial charge is 0.333 e. The highest BCUT2D eigenvalue weighted by Gasteiger charge is 2.24. The van der Waals surface area contributed by atoms with E-state index in [1.54, 1.807) is 32.0 Å². The SMILES string of the molecule is CCOc1cccc(NC[C@@](C)(O)CSC)c1[N+](=O)[O-]. The van der Waals surface area contributed by atoms with E-state index in [2.05, 4.69) is 5.32 Å². The van der Waals surface area contributed by atoms with Crippen LogP contribution < -0.4 is 10.1 Å². The fourth-order valence-electron chi connectivity index (χ4n) is 1.77. The summed E-state index contributed by atoms with van der Waals surface area (Å²) in [5.41, 5.74) is -0.689. The molecule has 1 aromatic carbocycles. The Labute approximate surface area is 122 Å². The van der Waals surface area contributed by atoms with Gasteiger partial charge in [-0.15, -0.1) is 0 Å². The van der Waals surface area contributed by atoms with Crippen LogP contribution in [0.15, 0.2) is 18.2 Å². The Morgan fingerprint density at radius 1 is 1.55 bits per heavy atom. The topological polar surface area (TPSA) is 84.6 Å². The number of para-hydroxylation sites is 1. The molecule has 0 aliphatic carbocycles. The zero-order chi connectivity index (χ0) is 15.2. The number of hydrogen-bond acceptors (Lipinski definition) is 6. The molecule has 0 aliphatic rings. The average molecular weight is 300 g/mol. The van der Waals surface area contributed by atoms with Gasteiger partial charge in [-0.25, -0.2) is 0 Å². The summed E-state index contributed by atoms with van der Waals surface area (Å²) in [6, 6.07) is 4.85. The molecule has 0 heterocycles. The summed E-state index contributed by atoms with van der Waals surface area (Å²) in [6.45, 7) is 4.04. The van der Waals surface area contributed by atoms with Crippen LogP contribution in [0, 0.1) is 10.1 Å². The number of thioether (sulfide) groups is 1. The Hall–Kier alpha value is -1.47. The summed E-state index contributed by atoms with van der Waals surface area (Å²) in [6.07, 6.45) is 1.90. The molecule has 0 amide bonds. The van der Waals surface area contributed by atoms with Gasteiger partial charge in [-0.1, -0.05) is 6.07 Å². The van der Waals surface area contributed by atoms with E-state index in [4.69, 9.17) is 4.74 Å². The average Bonchev–Trinajstić information content (AvgIpc) is 2.36. The summed E-state index contributed by atoms with van der Waals surface area (Å²) in [5, 5.41) is 24.2. The molecule has 0 aliphatic heterocycles. The van der Waals surface area contributed by atoms with E-state index in [9.17, 15) is 15.2 Å². The fourth-order valence-corrected chi connectivity index (χ4v) is 2.50. The van der Waals surface area contributed by atoms with Gasteiger partial charge in [0, 0.05) is 12.3 Å². The maximum absolute atomic E-state index is 11.2. The Kier molecular flexibility index (Phi) is 6.09. The second-order valence-electron chi connectivity index (χ2n) is 4.63. The minimum atomic E-state index is -0.936. The lowest BCUT2D eigenvalue weighted by Gasteiger charge is -2.23. The first kappa shape index (κ1) is 16.6. The zero-order valence-electron chi connectivity index (χ0n) is 11.9. The number of benzene rings is 1. The predicted octanol–water partition coefficient (Wildman–Crippen LogP) is 2.52. The van der Waals surface area contributed by atoms with E-state index in [-0.39, 0.29) is 18.0 Å². The van der Waals surface area contributed by atoms with Gasteiger partial charge in [-0.3, -0.25) is 10.1 Å². The third-order valence-corrected chi connectivity index (χ3v) is 3.51. The molecule has 20 heavy (non-hydrogen) atoms. The lowest BCUT2D eigenvalue weighted by molar-refractivity contribution is -0.384. The van der Waals surface area contributed by atoms with Crippen molar-refractivity contribution in [1.29, 1.82) is 0 Å². The van der Waals surface area contributed by atoms with Crippen LogP contribution in [-0.4, -0.2) is 40.8 Å². The molecule has 6 nitrogen and oxygen atoms in total. The molecule has 112 valence electrons. The van der Waals surface area contributed by atoms with Crippen LogP contribution in [0.5, 0.6) is 5.75 Å². The second-order valence-corrected chi connectivity index (χ2v) is 5.49. The van der Waals surface area contributed by atoms with E-state index in [0.717, 1.165) is 0 Å². The molecule has 1 aromatic rings. The predicted molar refractivity (Wildman–Crippen MR) is 81.8 cm³/mol. The van der Waals surface area contributed by atoms with Gasteiger partial charge in [0.05, 0.1) is 17.1 Å². The highest BCUT2D eigenvalue weighted by atomic mass is 32.2. The number of aliphatic hydroxyl groups is 1. The largest absolute Gasteiger partial charge is 0.487 e. The Balaban J connectivity index is 2.94. The number of nitrogens with zero attached hydrogens (tertiary/aromatic N) is 1. The molecule has 0 unspecified atom stereocenters. The zero-order valence-corrected chi connectivity index (χ0v) is 12.7. The molecule has 7 heteroatoms. The van der Waals surface area contributed by atoms with Crippen molar-refractivity contribution in [1.82, 2.24) is 0 Å². The molecule has 0 saturated heterocycles. The maximum Gasteiger partial charge on any atom is 0.333 e. The molecular formula is C13H20N2O4S. The van der Waals surface area contributed by atoms with Crippen LogP contribution in [0.2, 0.25) is 0 Å². The molecule has 1 atom stereocenters. The summed E-state index contributed by atoms with van der Waals surface area (Å²) >= 11 is 1.52. The lowest BCUT2D eigenvalue weighted by Crippen LogP contribution is -2.36.